The maximum absolute atomic E-state index is 5.41. The molecule has 2 atom stereocenters. The first-order valence-electron chi connectivity index (χ1n) is 5.65. The molecule has 2 unspecified atom stereocenters. The van der Waals surface area contributed by atoms with Crippen molar-refractivity contribution >= 4 is 5.69 Å². The van der Waals surface area contributed by atoms with Gasteiger partial charge in [0.2, 0.25) is 0 Å². The first-order valence-corrected chi connectivity index (χ1v) is 5.65. The molecule has 0 saturated heterocycles. The highest BCUT2D eigenvalue weighted by Crippen LogP contribution is 2.29. The number of hydrogen-bond acceptors (Lipinski definition) is 3. The highest BCUT2D eigenvalue weighted by molar-refractivity contribution is 5.58. The minimum absolute atomic E-state index is 0.0213. The van der Waals surface area contributed by atoms with Gasteiger partial charge in [0.15, 0.2) is 0 Å². The van der Waals surface area contributed by atoms with Crippen molar-refractivity contribution < 1.29 is 9.47 Å². The summed E-state index contributed by atoms with van der Waals surface area (Å²) in [6, 6.07) is 7.02. The van der Waals surface area contributed by atoms with Gasteiger partial charge >= 0.3 is 0 Å². The number of ether oxygens (including phenoxy) is 2. The molecule has 0 aromatic heterocycles. The van der Waals surface area contributed by atoms with Gasteiger partial charge in [0.25, 0.3) is 0 Å². The third-order valence-corrected chi connectivity index (χ3v) is 3.04. The molecular weight excluding hydrogens is 202 g/mol. The minimum atomic E-state index is 0.0213. The Bertz CT molecular complexity index is 365. The van der Waals surface area contributed by atoms with Crippen LogP contribution in [0.15, 0.2) is 18.2 Å². The van der Waals surface area contributed by atoms with Gasteiger partial charge in [-0.1, -0.05) is 12.1 Å². The van der Waals surface area contributed by atoms with E-state index in [1.807, 2.05) is 0 Å². The summed E-state index contributed by atoms with van der Waals surface area (Å²) in [7, 11) is 3.41. The molecule has 3 nitrogen and oxygen atoms in total. The summed E-state index contributed by atoms with van der Waals surface area (Å²) in [6.45, 7) is 2.79. The normalized spacial score (nSPS) is 20.3. The second-order valence-corrected chi connectivity index (χ2v) is 4.35. The van der Waals surface area contributed by atoms with Gasteiger partial charge in [-0.15, -0.1) is 0 Å². The van der Waals surface area contributed by atoms with Crippen molar-refractivity contribution in [2.75, 3.05) is 26.1 Å². The van der Waals surface area contributed by atoms with Crippen molar-refractivity contribution in [3.8, 4) is 0 Å². The minimum Gasteiger partial charge on any atom is -0.382 e. The quantitative estimate of drug-likeness (QED) is 0.846. The van der Waals surface area contributed by atoms with E-state index in [2.05, 4.69) is 30.4 Å². The van der Waals surface area contributed by atoms with Crippen LogP contribution < -0.4 is 5.32 Å². The Morgan fingerprint density at radius 2 is 2.25 bits per heavy atom. The average Bonchev–Trinajstić information content (AvgIpc) is 2.64. The van der Waals surface area contributed by atoms with Gasteiger partial charge in [-0.25, -0.2) is 0 Å². The Kier molecular flexibility index (Phi) is 3.46. The van der Waals surface area contributed by atoms with Gasteiger partial charge < -0.3 is 14.8 Å². The lowest BCUT2D eigenvalue weighted by Crippen LogP contribution is -2.10. The zero-order chi connectivity index (χ0) is 11.5. The number of rotatable bonds is 4. The number of fused-ring (bicyclic) bond motifs is 1. The molecule has 0 radical (unpaired) electrons. The van der Waals surface area contributed by atoms with Crippen LogP contribution in [-0.4, -0.2) is 26.9 Å². The largest absolute Gasteiger partial charge is 0.382 e. The molecule has 0 spiro atoms. The monoisotopic (exact) mass is 221 g/mol. The van der Waals surface area contributed by atoms with Crippen molar-refractivity contribution in [2.24, 2.45) is 0 Å². The summed E-state index contributed by atoms with van der Waals surface area (Å²) in [6.07, 6.45) is 1.13. The second-order valence-electron chi connectivity index (χ2n) is 4.35. The van der Waals surface area contributed by atoms with Gasteiger partial charge in [-0.2, -0.15) is 0 Å². The molecule has 0 bridgehead atoms. The zero-order valence-electron chi connectivity index (χ0n) is 10.1. The fraction of sp³-hybridized carbons (Fsp3) is 0.538. The molecule has 0 amide bonds. The van der Waals surface area contributed by atoms with Crippen LogP contribution in [0, 0.1) is 0 Å². The fourth-order valence-corrected chi connectivity index (χ4v) is 2.20. The maximum Gasteiger partial charge on any atom is 0.105 e. The number of hydrogen-bond donors (Lipinski definition) is 1. The van der Waals surface area contributed by atoms with Crippen molar-refractivity contribution in [3.05, 3.63) is 29.3 Å². The van der Waals surface area contributed by atoms with Gasteiger partial charge in [-0.05, 0) is 30.5 Å². The Morgan fingerprint density at radius 3 is 2.94 bits per heavy atom. The third kappa shape index (κ3) is 2.20. The molecule has 0 aliphatic carbocycles. The summed E-state index contributed by atoms with van der Waals surface area (Å²) >= 11 is 0. The van der Waals surface area contributed by atoms with Gasteiger partial charge in [-0.3, -0.25) is 0 Å². The summed E-state index contributed by atoms with van der Waals surface area (Å²) in [5, 5.41) is 3.46. The Hall–Kier alpha value is -1.06. The Labute approximate surface area is 96.8 Å². The van der Waals surface area contributed by atoms with E-state index in [0.29, 0.717) is 12.6 Å². The molecule has 1 aliphatic heterocycles. The van der Waals surface area contributed by atoms with Crippen LogP contribution >= 0.6 is 0 Å². The standard InChI is InChI=1S/C13H19NO2/c1-9-6-10-4-5-11(7-12(10)14-9)13(16-3)8-15-2/h4-5,7,9,13-14H,6,8H2,1-3H3. The molecule has 2 rings (SSSR count). The summed E-state index contributed by atoms with van der Waals surface area (Å²) < 4.78 is 10.6. The van der Waals surface area contributed by atoms with Gasteiger partial charge in [0, 0.05) is 25.9 Å². The van der Waals surface area contributed by atoms with Crippen LogP contribution in [0.5, 0.6) is 0 Å². The first-order chi connectivity index (χ1) is 7.74. The Balaban J connectivity index is 2.20. The summed E-state index contributed by atoms with van der Waals surface area (Å²) in [5.41, 5.74) is 3.80. The third-order valence-electron chi connectivity index (χ3n) is 3.04. The summed E-state index contributed by atoms with van der Waals surface area (Å²) in [5.74, 6) is 0. The molecule has 1 aromatic carbocycles. The van der Waals surface area contributed by atoms with Crippen LogP contribution in [-0.2, 0) is 15.9 Å². The highest BCUT2D eigenvalue weighted by Gasteiger charge is 2.19. The molecule has 3 heteroatoms. The van der Waals surface area contributed by atoms with Crippen LogP contribution in [0.4, 0.5) is 5.69 Å². The van der Waals surface area contributed by atoms with Crippen LogP contribution in [0.25, 0.3) is 0 Å². The highest BCUT2D eigenvalue weighted by atomic mass is 16.5. The van der Waals surface area contributed by atoms with Crippen molar-refractivity contribution in [1.29, 1.82) is 0 Å². The molecule has 0 fully saturated rings. The van der Waals surface area contributed by atoms with Crippen molar-refractivity contribution in [3.63, 3.8) is 0 Å². The second kappa shape index (κ2) is 4.85. The number of anilines is 1. The van der Waals surface area contributed by atoms with Crippen LogP contribution in [0.3, 0.4) is 0 Å². The van der Waals surface area contributed by atoms with Crippen molar-refractivity contribution in [1.82, 2.24) is 0 Å². The summed E-state index contributed by atoms with van der Waals surface area (Å²) in [4.78, 5) is 0. The predicted octanol–water partition coefficient (Wildman–Crippen LogP) is 2.38. The van der Waals surface area contributed by atoms with E-state index in [1.165, 1.54) is 16.8 Å². The maximum atomic E-state index is 5.41. The lowest BCUT2D eigenvalue weighted by molar-refractivity contribution is 0.0275. The van der Waals surface area contributed by atoms with E-state index >= 15 is 0 Å². The first kappa shape index (κ1) is 11.4. The van der Waals surface area contributed by atoms with Crippen LogP contribution in [0.2, 0.25) is 0 Å². The van der Waals surface area contributed by atoms with E-state index in [1.54, 1.807) is 14.2 Å². The number of benzene rings is 1. The smallest absolute Gasteiger partial charge is 0.105 e. The molecule has 0 saturated carbocycles. The average molecular weight is 221 g/mol. The van der Waals surface area contributed by atoms with E-state index in [-0.39, 0.29) is 6.10 Å². The molecule has 1 aromatic rings. The molecule has 88 valence electrons. The van der Waals surface area contributed by atoms with E-state index < -0.39 is 0 Å². The predicted molar refractivity (Wildman–Crippen MR) is 64.9 cm³/mol. The molecule has 16 heavy (non-hydrogen) atoms. The molecular formula is C13H19NO2. The molecule has 1 heterocycles. The molecule has 1 N–H and O–H groups in total. The van der Waals surface area contributed by atoms with Crippen LogP contribution in [0.1, 0.15) is 24.2 Å². The fourth-order valence-electron chi connectivity index (χ4n) is 2.20. The van der Waals surface area contributed by atoms with E-state index in [9.17, 15) is 0 Å². The van der Waals surface area contributed by atoms with E-state index in [0.717, 1.165) is 6.42 Å². The topological polar surface area (TPSA) is 30.5 Å². The zero-order valence-corrected chi connectivity index (χ0v) is 10.1. The molecule has 1 aliphatic rings. The Morgan fingerprint density at radius 1 is 1.44 bits per heavy atom. The SMILES string of the molecule is COCC(OC)c1ccc2c(c1)NC(C)C2. The van der Waals surface area contributed by atoms with Gasteiger partial charge in [0.05, 0.1) is 6.61 Å². The number of methoxy groups -OCH3 is 2. The van der Waals surface area contributed by atoms with Crippen molar-refractivity contribution in [2.45, 2.75) is 25.5 Å². The van der Waals surface area contributed by atoms with Gasteiger partial charge in [0.1, 0.15) is 6.10 Å². The lowest BCUT2D eigenvalue weighted by Gasteiger charge is -2.15. The lowest BCUT2D eigenvalue weighted by atomic mass is 10.0. The number of nitrogens with one attached hydrogen (secondary N) is 1. The van der Waals surface area contributed by atoms with E-state index in [4.69, 9.17) is 9.47 Å².